The van der Waals surface area contributed by atoms with Crippen LogP contribution in [0.4, 0.5) is 4.39 Å². The maximum Gasteiger partial charge on any atom is 0.312 e. The second-order valence-electron chi connectivity index (χ2n) is 5.32. The molecule has 0 bridgehead atoms. The number of hydrogen-bond donors (Lipinski definition) is 1. The number of carbonyl (C=O) groups excluding carboxylic acids is 2. The van der Waals surface area contributed by atoms with Gasteiger partial charge in [0.25, 0.3) is 0 Å². The van der Waals surface area contributed by atoms with E-state index in [1.807, 2.05) is 27.7 Å². The van der Waals surface area contributed by atoms with Gasteiger partial charge in [0.05, 0.1) is 0 Å². The SMILES string of the molecule is CC(C)N(C(=O)C(=O)NCc1cc(I)ccc1F)C(C)C. The lowest BCUT2D eigenvalue weighted by molar-refractivity contribution is -0.148. The van der Waals surface area contributed by atoms with E-state index in [-0.39, 0.29) is 18.6 Å². The second kappa shape index (κ2) is 7.72. The van der Waals surface area contributed by atoms with Crippen molar-refractivity contribution < 1.29 is 14.0 Å². The summed E-state index contributed by atoms with van der Waals surface area (Å²) in [5.41, 5.74) is 0.365. The lowest BCUT2D eigenvalue weighted by Crippen LogP contribution is -2.49. The Bertz CT molecular complexity index is 524. The normalized spacial score (nSPS) is 10.9. The average molecular weight is 406 g/mol. The van der Waals surface area contributed by atoms with Crippen LogP contribution < -0.4 is 5.32 Å². The summed E-state index contributed by atoms with van der Waals surface area (Å²) in [6, 6.07) is 4.49. The molecule has 21 heavy (non-hydrogen) atoms. The van der Waals surface area contributed by atoms with Gasteiger partial charge in [-0.2, -0.15) is 0 Å². The molecule has 1 N–H and O–H groups in total. The molecule has 0 fully saturated rings. The van der Waals surface area contributed by atoms with Crippen LogP contribution in [0.25, 0.3) is 0 Å². The molecule has 0 saturated carbocycles. The summed E-state index contributed by atoms with van der Waals surface area (Å²) in [4.78, 5) is 25.6. The summed E-state index contributed by atoms with van der Waals surface area (Å²) in [6.45, 7) is 7.40. The fourth-order valence-corrected chi connectivity index (χ4v) is 2.67. The lowest BCUT2D eigenvalue weighted by atomic mass is 10.2. The molecule has 1 rings (SSSR count). The third-order valence-corrected chi connectivity index (χ3v) is 3.66. The third kappa shape index (κ3) is 4.94. The van der Waals surface area contributed by atoms with Crippen LogP contribution in [0.2, 0.25) is 0 Å². The predicted octanol–water partition coefficient (Wildman–Crippen LogP) is 2.69. The predicted molar refractivity (Wildman–Crippen MR) is 88.1 cm³/mol. The number of hydrogen-bond acceptors (Lipinski definition) is 2. The summed E-state index contributed by atoms with van der Waals surface area (Å²) in [5.74, 6) is -1.70. The van der Waals surface area contributed by atoms with Crippen molar-refractivity contribution in [2.75, 3.05) is 0 Å². The lowest BCUT2D eigenvalue weighted by Gasteiger charge is -2.30. The zero-order valence-corrected chi connectivity index (χ0v) is 14.8. The van der Waals surface area contributed by atoms with Gasteiger partial charge >= 0.3 is 11.8 Å². The number of rotatable bonds is 4. The van der Waals surface area contributed by atoms with Crippen LogP contribution >= 0.6 is 22.6 Å². The van der Waals surface area contributed by atoms with Gasteiger partial charge in [0.15, 0.2) is 0 Å². The molecule has 0 aliphatic rings. The van der Waals surface area contributed by atoms with Crippen molar-refractivity contribution in [3.8, 4) is 0 Å². The molecule has 0 heterocycles. The largest absolute Gasteiger partial charge is 0.344 e. The molecule has 0 atom stereocenters. The van der Waals surface area contributed by atoms with Crippen molar-refractivity contribution in [1.29, 1.82) is 0 Å². The Morgan fingerprint density at radius 3 is 2.33 bits per heavy atom. The number of nitrogens with zero attached hydrogens (tertiary/aromatic N) is 1. The molecular weight excluding hydrogens is 386 g/mol. The van der Waals surface area contributed by atoms with E-state index >= 15 is 0 Å². The van der Waals surface area contributed by atoms with Gasteiger partial charge in [-0.1, -0.05) is 0 Å². The Labute approximate surface area is 138 Å². The molecule has 0 aromatic heterocycles. The highest BCUT2D eigenvalue weighted by atomic mass is 127. The van der Waals surface area contributed by atoms with Crippen LogP contribution in [0.1, 0.15) is 33.3 Å². The van der Waals surface area contributed by atoms with Gasteiger partial charge in [-0.15, -0.1) is 0 Å². The molecule has 0 aliphatic carbocycles. The maximum absolute atomic E-state index is 13.6. The van der Waals surface area contributed by atoms with Gasteiger partial charge in [-0.3, -0.25) is 9.59 Å². The van der Waals surface area contributed by atoms with E-state index < -0.39 is 17.6 Å². The van der Waals surface area contributed by atoms with E-state index in [2.05, 4.69) is 27.9 Å². The first-order valence-corrected chi connectivity index (χ1v) is 7.86. The van der Waals surface area contributed by atoms with Gasteiger partial charge in [0.1, 0.15) is 5.82 Å². The molecular formula is C15H20FIN2O2. The maximum atomic E-state index is 13.6. The van der Waals surface area contributed by atoms with Crippen molar-refractivity contribution in [1.82, 2.24) is 10.2 Å². The first kappa shape index (κ1) is 17.9. The van der Waals surface area contributed by atoms with Crippen molar-refractivity contribution >= 4 is 34.4 Å². The Balaban J connectivity index is 2.73. The minimum atomic E-state index is -0.712. The smallest absolute Gasteiger partial charge is 0.312 e. The Morgan fingerprint density at radius 2 is 1.81 bits per heavy atom. The van der Waals surface area contributed by atoms with Crippen molar-refractivity contribution in [3.05, 3.63) is 33.1 Å². The Hall–Kier alpha value is -1.18. The van der Waals surface area contributed by atoms with Crippen molar-refractivity contribution in [2.24, 2.45) is 0 Å². The zero-order valence-electron chi connectivity index (χ0n) is 12.6. The van der Waals surface area contributed by atoms with E-state index in [1.165, 1.54) is 11.0 Å². The van der Waals surface area contributed by atoms with Crippen LogP contribution in [0.3, 0.4) is 0 Å². The third-order valence-electron chi connectivity index (χ3n) is 2.99. The fourth-order valence-electron chi connectivity index (χ4n) is 2.11. The molecule has 0 spiro atoms. The summed E-state index contributed by atoms with van der Waals surface area (Å²) < 4.78 is 14.5. The van der Waals surface area contributed by atoms with Gasteiger partial charge < -0.3 is 10.2 Å². The summed E-state index contributed by atoms with van der Waals surface area (Å²) in [5, 5.41) is 2.48. The highest BCUT2D eigenvalue weighted by Crippen LogP contribution is 2.12. The number of halogens is 2. The van der Waals surface area contributed by atoms with Gasteiger partial charge in [-0.25, -0.2) is 4.39 Å². The van der Waals surface area contributed by atoms with Crippen LogP contribution in [0.15, 0.2) is 18.2 Å². The molecule has 1 aromatic carbocycles. The molecule has 1 aromatic rings. The van der Waals surface area contributed by atoms with Gasteiger partial charge in [-0.05, 0) is 68.5 Å². The number of nitrogens with one attached hydrogen (secondary N) is 1. The molecule has 0 radical (unpaired) electrons. The summed E-state index contributed by atoms with van der Waals surface area (Å²) >= 11 is 2.07. The molecule has 116 valence electrons. The zero-order chi connectivity index (χ0) is 16.2. The first-order chi connectivity index (χ1) is 9.73. The van der Waals surface area contributed by atoms with Gasteiger partial charge in [0.2, 0.25) is 0 Å². The van der Waals surface area contributed by atoms with E-state index in [9.17, 15) is 14.0 Å². The van der Waals surface area contributed by atoms with E-state index in [0.29, 0.717) is 5.56 Å². The highest BCUT2D eigenvalue weighted by molar-refractivity contribution is 14.1. The van der Waals surface area contributed by atoms with Crippen LogP contribution in [-0.4, -0.2) is 28.8 Å². The van der Waals surface area contributed by atoms with Crippen LogP contribution in [-0.2, 0) is 16.1 Å². The fraction of sp³-hybridized carbons (Fsp3) is 0.467. The van der Waals surface area contributed by atoms with Crippen molar-refractivity contribution in [2.45, 2.75) is 46.3 Å². The standard InChI is InChI=1S/C15H20FIN2O2/c1-9(2)19(10(3)4)15(21)14(20)18-8-11-7-12(17)5-6-13(11)16/h5-7,9-10H,8H2,1-4H3,(H,18,20). The Morgan fingerprint density at radius 1 is 1.24 bits per heavy atom. The molecule has 6 heteroatoms. The van der Waals surface area contributed by atoms with Crippen LogP contribution in [0.5, 0.6) is 0 Å². The van der Waals surface area contributed by atoms with Crippen molar-refractivity contribution in [3.63, 3.8) is 0 Å². The van der Waals surface area contributed by atoms with E-state index in [4.69, 9.17) is 0 Å². The topological polar surface area (TPSA) is 49.4 Å². The molecule has 4 nitrogen and oxygen atoms in total. The quantitative estimate of drug-likeness (QED) is 0.618. The minimum absolute atomic E-state index is 0.00270. The number of benzene rings is 1. The number of amides is 2. The molecule has 0 aliphatic heterocycles. The van der Waals surface area contributed by atoms with E-state index in [0.717, 1.165) is 3.57 Å². The summed E-state index contributed by atoms with van der Waals surface area (Å²) in [6.07, 6.45) is 0. The summed E-state index contributed by atoms with van der Waals surface area (Å²) in [7, 11) is 0. The molecule has 2 amide bonds. The Kier molecular flexibility index (Phi) is 6.57. The molecule has 0 unspecified atom stereocenters. The van der Waals surface area contributed by atoms with E-state index in [1.54, 1.807) is 12.1 Å². The molecule has 0 saturated heterocycles. The minimum Gasteiger partial charge on any atom is -0.344 e. The second-order valence-corrected chi connectivity index (χ2v) is 6.56. The average Bonchev–Trinajstić information content (AvgIpc) is 2.38. The van der Waals surface area contributed by atoms with Gasteiger partial charge in [0, 0.05) is 27.8 Å². The monoisotopic (exact) mass is 406 g/mol. The van der Waals surface area contributed by atoms with Crippen LogP contribution in [0, 0.1) is 9.39 Å². The highest BCUT2D eigenvalue weighted by Gasteiger charge is 2.26. The number of carbonyl (C=O) groups is 2. The first-order valence-electron chi connectivity index (χ1n) is 6.78.